The van der Waals surface area contributed by atoms with E-state index < -0.39 is 0 Å². The second kappa shape index (κ2) is 5.61. The van der Waals surface area contributed by atoms with Crippen molar-refractivity contribution in [2.75, 3.05) is 5.32 Å². The highest BCUT2D eigenvalue weighted by atomic mass is 79.9. The van der Waals surface area contributed by atoms with Crippen LogP contribution in [0.2, 0.25) is 0 Å². The highest BCUT2D eigenvalue weighted by Gasteiger charge is 2.09. The van der Waals surface area contributed by atoms with Gasteiger partial charge in [0.25, 0.3) is 0 Å². The van der Waals surface area contributed by atoms with Crippen LogP contribution in [0.25, 0.3) is 0 Å². The number of benzene rings is 2. The predicted octanol–water partition coefficient (Wildman–Crippen LogP) is 4.78. The van der Waals surface area contributed by atoms with Gasteiger partial charge in [0.05, 0.1) is 4.47 Å². The number of anilines is 1. The summed E-state index contributed by atoms with van der Waals surface area (Å²) in [5.41, 5.74) is 2.79. The number of hydrogen-bond donors (Lipinski definition) is 2. The van der Waals surface area contributed by atoms with Crippen LogP contribution >= 0.6 is 15.9 Å². The zero-order valence-electron chi connectivity index (χ0n) is 10.7. The molecule has 2 aromatic carbocycles. The van der Waals surface area contributed by atoms with Crippen molar-refractivity contribution in [1.82, 2.24) is 0 Å². The van der Waals surface area contributed by atoms with Crippen molar-refractivity contribution >= 4 is 21.6 Å². The lowest BCUT2D eigenvalue weighted by Crippen LogP contribution is -2.07. The van der Waals surface area contributed by atoms with Gasteiger partial charge in [-0.1, -0.05) is 12.1 Å². The highest BCUT2D eigenvalue weighted by Crippen LogP contribution is 2.28. The number of rotatable bonds is 3. The Bertz CT molecular complexity index is 583. The fourth-order valence-electron chi connectivity index (χ4n) is 1.88. The summed E-state index contributed by atoms with van der Waals surface area (Å²) >= 11 is 3.19. The Morgan fingerprint density at radius 1 is 1.21 bits per heavy atom. The molecule has 2 aromatic rings. The molecule has 0 aliphatic carbocycles. The van der Waals surface area contributed by atoms with Crippen molar-refractivity contribution in [1.29, 1.82) is 0 Å². The predicted molar refractivity (Wildman–Crippen MR) is 79.0 cm³/mol. The Kier molecular flexibility index (Phi) is 4.10. The van der Waals surface area contributed by atoms with Crippen LogP contribution in [0, 0.1) is 12.7 Å². The zero-order chi connectivity index (χ0) is 14.0. The third-order valence-corrected chi connectivity index (χ3v) is 3.64. The van der Waals surface area contributed by atoms with Crippen LogP contribution in [0.4, 0.5) is 10.1 Å². The lowest BCUT2D eigenvalue weighted by Gasteiger charge is -2.18. The minimum absolute atomic E-state index is 0.0664. The van der Waals surface area contributed by atoms with E-state index in [2.05, 4.69) is 21.2 Å². The molecule has 0 radical (unpaired) electrons. The molecule has 0 amide bonds. The quantitative estimate of drug-likeness (QED) is 0.852. The van der Waals surface area contributed by atoms with Gasteiger partial charge in [-0.25, -0.2) is 4.39 Å². The summed E-state index contributed by atoms with van der Waals surface area (Å²) in [4.78, 5) is 0. The average molecular weight is 324 g/mol. The van der Waals surface area contributed by atoms with E-state index in [0.717, 1.165) is 16.8 Å². The summed E-state index contributed by atoms with van der Waals surface area (Å²) in [7, 11) is 0. The van der Waals surface area contributed by atoms with Crippen LogP contribution in [-0.2, 0) is 0 Å². The average Bonchev–Trinajstić information content (AvgIpc) is 2.36. The molecule has 1 unspecified atom stereocenters. The van der Waals surface area contributed by atoms with Crippen LogP contribution in [0.3, 0.4) is 0 Å². The lowest BCUT2D eigenvalue weighted by molar-refractivity contribution is 0.475. The highest BCUT2D eigenvalue weighted by molar-refractivity contribution is 9.10. The van der Waals surface area contributed by atoms with E-state index in [4.69, 9.17) is 0 Å². The minimum Gasteiger partial charge on any atom is -0.508 e. The molecular weight excluding hydrogens is 309 g/mol. The first-order valence-electron chi connectivity index (χ1n) is 5.98. The first kappa shape index (κ1) is 13.9. The van der Waals surface area contributed by atoms with Gasteiger partial charge in [0.2, 0.25) is 0 Å². The SMILES string of the molecule is Cc1cc(F)c(Br)cc1NC(C)c1ccc(O)cc1. The smallest absolute Gasteiger partial charge is 0.137 e. The Morgan fingerprint density at radius 2 is 1.84 bits per heavy atom. The second-order valence-electron chi connectivity index (χ2n) is 4.54. The molecule has 0 aliphatic heterocycles. The number of phenols is 1. The van der Waals surface area contributed by atoms with Crippen LogP contribution in [0.15, 0.2) is 40.9 Å². The van der Waals surface area contributed by atoms with Gasteiger partial charge in [0.1, 0.15) is 11.6 Å². The number of hydrogen-bond acceptors (Lipinski definition) is 2. The zero-order valence-corrected chi connectivity index (χ0v) is 12.3. The van der Waals surface area contributed by atoms with Gasteiger partial charge in [-0.3, -0.25) is 0 Å². The topological polar surface area (TPSA) is 32.3 Å². The Balaban J connectivity index is 2.21. The molecule has 0 heterocycles. The minimum atomic E-state index is -0.264. The summed E-state index contributed by atoms with van der Waals surface area (Å²) in [6, 6.07) is 10.3. The standard InChI is InChI=1S/C15H15BrFNO/c1-9-7-14(17)13(16)8-15(9)18-10(2)11-3-5-12(19)6-4-11/h3-8,10,18-19H,1-2H3. The van der Waals surface area contributed by atoms with Crippen molar-refractivity contribution < 1.29 is 9.50 Å². The van der Waals surface area contributed by atoms with E-state index in [0.29, 0.717) is 4.47 Å². The molecule has 0 saturated carbocycles. The van der Waals surface area contributed by atoms with Crippen molar-refractivity contribution in [2.45, 2.75) is 19.9 Å². The molecule has 0 fully saturated rings. The van der Waals surface area contributed by atoms with Gasteiger partial charge >= 0.3 is 0 Å². The van der Waals surface area contributed by atoms with Gasteiger partial charge in [-0.05, 0) is 65.2 Å². The van der Waals surface area contributed by atoms with E-state index in [1.807, 2.05) is 26.0 Å². The fourth-order valence-corrected chi connectivity index (χ4v) is 2.22. The first-order valence-corrected chi connectivity index (χ1v) is 6.78. The number of aryl methyl sites for hydroxylation is 1. The second-order valence-corrected chi connectivity index (χ2v) is 5.39. The van der Waals surface area contributed by atoms with E-state index in [9.17, 15) is 9.50 Å². The molecule has 0 spiro atoms. The van der Waals surface area contributed by atoms with Crippen molar-refractivity contribution in [3.63, 3.8) is 0 Å². The van der Waals surface area contributed by atoms with E-state index in [-0.39, 0.29) is 17.6 Å². The molecule has 0 bridgehead atoms. The lowest BCUT2D eigenvalue weighted by atomic mass is 10.1. The molecule has 0 saturated heterocycles. The summed E-state index contributed by atoms with van der Waals surface area (Å²) in [6.45, 7) is 3.88. The summed E-state index contributed by atoms with van der Waals surface area (Å²) in [6.07, 6.45) is 0. The molecular formula is C15H15BrFNO. The number of phenolic OH excluding ortho intramolecular Hbond substituents is 1. The normalized spacial score (nSPS) is 12.2. The largest absolute Gasteiger partial charge is 0.508 e. The van der Waals surface area contributed by atoms with Gasteiger partial charge < -0.3 is 10.4 Å². The Labute approximate surface area is 120 Å². The number of nitrogens with one attached hydrogen (secondary N) is 1. The molecule has 0 aliphatic rings. The summed E-state index contributed by atoms with van der Waals surface area (Å²) in [5.74, 6) is -0.0167. The molecule has 19 heavy (non-hydrogen) atoms. The summed E-state index contributed by atoms with van der Waals surface area (Å²) in [5, 5.41) is 12.6. The van der Waals surface area contributed by atoms with Crippen LogP contribution in [-0.4, -0.2) is 5.11 Å². The molecule has 2 rings (SSSR count). The van der Waals surface area contributed by atoms with E-state index >= 15 is 0 Å². The number of aromatic hydroxyl groups is 1. The maximum Gasteiger partial charge on any atom is 0.137 e. The van der Waals surface area contributed by atoms with E-state index in [1.54, 1.807) is 18.2 Å². The van der Waals surface area contributed by atoms with Crippen LogP contribution < -0.4 is 5.32 Å². The molecule has 2 N–H and O–H groups in total. The summed E-state index contributed by atoms with van der Waals surface area (Å²) < 4.78 is 13.8. The maximum absolute atomic E-state index is 13.4. The Hall–Kier alpha value is -1.55. The first-order chi connectivity index (χ1) is 8.97. The third-order valence-electron chi connectivity index (χ3n) is 3.03. The van der Waals surface area contributed by atoms with Crippen molar-refractivity contribution in [2.24, 2.45) is 0 Å². The Morgan fingerprint density at radius 3 is 2.47 bits per heavy atom. The van der Waals surface area contributed by atoms with Crippen LogP contribution in [0.5, 0.6) is 5.75 Å². The molecule has 4 heteroatoms. The third kappa shape index (κ3) is 3.26. The monoisotopic (exact) mass is 323 g/mol. The van der Waals surface area contributed by atoms with E-state index in [1.165, 1.54) is 6.07 Å². The fraction of sp³-hybridized carbons (Fsp3) is 0.200. The molecule has 1 atom stereocenters. The van der Waals surface area contributed by atoms with Gasteiger partial charge in [-0.15, -0.1) is 0 Å². The van der Waals surface area contributed by atoms with Gasteiger partial charge in [-0.2, -0.15) is 0 Å². The van der Waals surface area contributed by atoms with Crippen LogP contribution in [0.1, 0.15) is 24.1 Å². The number of halogens is 2. The maximum atomic E-state index is 13.4. The van der Waals surface area contributed by atoms with Gasteiger partial charge in [0, 0.05) is 11.7 Å². The molecule has 2 nitrogen and oxygen atoms in total. The molecule has 0 aromatic heterocycles. The van der Waals surface area contributed by atoms with Gasteiger partial charge in [0.15, 0.2) is 0 Å². The molecule has 100 valence electrons. The van der Waals surface area contributed by atoms with Crippen molar-refractivity contribution in [3.8, 4) is 5.75 Å². The van der Waals surface area contributed by atoms with Crippen molar-refractivity contribution in [3.05, 3.63) is 57.8 Å².